The van der Waals surface area contributed by atoms with Gasteiger partial charge in [0.05, 0.1) is 11.4 Å². The number of H-pyrrole nitrogens is 1. The van der Waals surface area contributed by atoms with Gasteiger partial charge in [-0.3, -0.25) is 9.78 Å². The van der Waals surface area contributed by atoms with Crippen LogP contribution in [0.25, 0.3) is 11.0 Å². The summed E-state index contributed by atoms with van der Waals surface area (Å²) >= 11 is 0. The summed E-state index contributed by atoms with van der Waals surface area (Å²) in [6.07, 6.45) is 8.32. The van der Waals surface area contributed by atoms with Crippen molar-refractivity contribution < 1.29 is 9.53 Å². The lowest BCUT2D eigenvalue weighted by Crippen LogP contribution is -2.42. The molecule has 3 heterocycles. The summed E-state index contributed by atoms with van der Waals surface area (Å²) in [4.78, 5) is 23.7. The van der Waals surface area contributed by atoms with Crippen LogP contribution in [-0.2, 0) is 17.6 Å². The second-order valence-corrected chi connectivity index (χ2v) is 7.46. The minimum Gasteiger partial charge on any atom is -0.457 e. The number of benzene rings is 1. The Labute approximate surface area is 180 Å². The lowest BCUT2D eigenvalue weighted by atomic mass is 10.1. The molecule has 0 fully saturated rings. The molecule has 1 amide bonds. The van der Waals surface area contributed by atoms with Gasteiger partial charge < -0.3 is 20.8 Å². The molecule has 0 spiro atoms. The fraction of sp³-hybridized carbons (Fsp3) is 0.208. The Morgan fingerprint density at radius 3 is 2.65 bits per heavy atom. The van der Waals surface area contributed by atoms with Gasteiger partial charge in [0, 0.05) is 31.3 Å². The van der Waals surface area contributed by atoms with E-state index in [-0.39, 0.29) is 5.91 Å². The molecule has 0 saturated heterocycles. The van der Waals surface area contributed by atoms with E-state index in [0.717, 1.165) is 39.9 Å². The molecule has 3 aromatic heterocycles. The topological polar surface area (TPSA) is 106 Å². The highest BCUT2D eigenvalue weighted by atomic mass is 16.5. The zero-order valence-electron chi connectivity index (χ0n) is 17.3. The first-order chi connectivity index (χ1) is 15.1. The maximum absolute atomic E-state index is 12.3. The fourth-order valence-corrected chi connectivity index (χ4v) is 3.45. The third kappa shape index (κ3) is 5.07. The van der Waals surface area contributed by atoms with Crippen LogP contribution in [0, 0.1) is 6.92 Å². The number of carbonyl (C=O) groups excluding carboxylic acids is 1. The first-order valence-electron chi connectivity index (χ1n) is 10.2. The SMILES string of the molecule is Cc1c[nH]c2nccc(Oc3ccc(CC(N)C(=O)NCCc4ccncc4)cc3)c12. The van der Waals surface area contributed by atoms with E-state index in [0.29, 0.717) is 18.7 Å². The Hall–Kier alpha value is -3.71. The molecule has 0 aliphatic rings. The van der Waals surface area contributed by atoms with Gasteiger partial charge in [-0.25, -0.2) is 4.98 Å². The molecule has 0 bridgehead atoms. The average Bonchev–Trinajstić information content (AvgIpc) is 3.17. The summed E-state index contributed by atoms with van der Waals surface area (Å²) in [6, 6.07) is 12.8. The molecule has 4 aromatic rings. The van der Waals surface area contributed by atoms with E-state index in [2.05, 4.69) is 20.3 Å². The molecular formula is C24H25N5O2. The molecule has 31 heavy (non-hydrogen) atoms. The van der Waals surface area contributed by atoms with Crippen molar-refractivity contribution in [2.45, 2.75) is 25.8 Å². The number of amides is 1. The lowest BCUT2D eigenvalue weighted by molar-refractivity contribution is -0.122. The van der Waals surface area contributed by atoms with Crippen LogP contribution in [0.2, 0.25) is 0 Å². The number of fused-ring (bicyclic) bond motifs is 1. The monoisotopic (exact) mass is 415 g/mol. The molecule has 0 aliphatic heterocycles. The van der Waals surface area contributed by atoms with Crippen molar-refractivity contribution in [1.29, 1.82) is 0 Å². The molecule has 1 unspecified atom stereocenters. The van der Waals surface area contributed by atoms with E-state index in [4.69, 9.17) is 10.5 Å². The highest BCUT2D eigenvalue weighted by Gasteiger charge is 2.14. The quantitative estimate of drug-likeness (QED) is 0.409. The molecule has 4 N–H and O–H groups in total. The number of hydrogen-bond donors (Lipinski definition) is 3. The van der Waals surface area contributed by atoms with Crippen LogP contribution in [0.15, 0.2) is 67.3 Å². The van der Waals surface area contributed by atoms with Crippen molar-refractivity contribution in [1.82, 2.24) is 20.3 Å². The summed E-state index contributed by atoms with van der Waals surface area (Å²) in [7, 11) is 0. The average molecular weight is 415 g/mol. The van der Waals surface area contributed by atoms with Crippen LogP contribution in [0.4, 0.5) is 0 Å². The number of nitrogens with two attached hydrogens (primary N) is 1. The van der Waals surface area contributed by atoms with Gasteiger partial charge in [0.2, 0.25) is 5.91 Å². The van der Waals surface area contributed by atoms with E-state index >= 15 is 0 Å². The van der Waals surface area contributed by atoms with Crippen molar-refractivity contribution in [3.05, 3.63) is 83.9 Å². The zero-order chi connectivity index (χ0) is 21.6. The van der Waals surface area contributed by atoms with E-state index in [1.807, 2.05) is 55.6 Å². The van der Waals surface area contributed by atoms with Crippen LogP contribution >= 0.6 is 0 Å². The number of hydrogen-bond acceptors (Lipinski definition) is 5. The number of aromatic nitrogens is 3. The number of rotatable bonds is 8. The molecule has 7 nitrogen and oxygen atoms in total. The van der Waals surface area contributed by atoms with E-state index < -0.39 is 6.04 Å². The minimum atomic E-state index is -0.605. The standard InChI is InChI=1S/C24H25N5O2/c1-16-15-29-23-22(16)21(9-13-27-23)31-19-4-2-18(3-5-19)14-20(25)24(30)28-12-8-17-6-10-26-11-7-17/h2-7,9-11,13,15,20H,8,12,14,25H2,1H3,(H,27,29)(H,28,30). The number of nitrogens with one attached hydrogen (secondary N) is 2. The third-order valence-electron chi connectivity index (χ3n) is 5.14. The minimum absolute atomic E-state index is 0.156. The second kappa shape index (κ2) is 9.40. The van der Waals surface area contributed by atoms with Crippen LogP contribution in [0.1, 0.15) is 16.7 Å². The van der Waals surface area contributed by atoms with Crippen molar-refractivity contribution in [2.24, 2.45) is 5.73 Å². The Morgan fingerprint density at radius 1 is 1.10 bits per heavy atom. The molecule has 0 radical (unpaired) electrons. The van der Waals surface area contributed by atoms with Gasteiger partial charge >= 0.3 is 0 Å². The van der Waals surface area contributed by atoms with Crippen LogP contribution in [0.5, 0.6) is 11.5 Å². The first kappa shape index (κ1) is 20.6. The smallest absolute Gasteiger partial charge is 0.237 e. The van der Waals surface area contributed by atoms with Gasteiger partial charge in [-0.15, -0.1) is 0 Å². The summed E-state index contributed by atoms with van der Waals surface area (Å²) in [5, 5.41) is 3.87. The fourth-order valence-electron chi connectivity index (χ4n) is 3.45. The molecule has 0 aliphatic carbocycles. The maximum Gasteiger partial charge on any atom is 0.237 e. The van der Waals surface area contributed by atoms with Crippen molar-refractivity contribution in [3.8, 4) is 11.5 Å². The summed E-state index contributed by atoms with van der Waals surface area (Å²) in [6.45, 7) is 2.56. The summed E-state index contributed by atoms with van der Waals surface area (Å²) in [5.41, 5.74) is 10.1. The molecule has 158 valence electrons. The van der Waals surface area contributed by atoms with Gasteiger partial charge in [0.15, 0.2) is 0 Å². The zero-order valence-corrected chi connectivity index (χ0v) is 17.3. The van der Waals surface area contributed by atoms with Crippen molar-refractivity contribution >= 4 is 16.9 Å². The van der Waals surface area contributed by atoms with Crippen molar-refractivity contribution in [2.75, 3.05) is 6.54 Å². The van der Waals surface area contributed by atoms with Gasteiger partial charge in [0.25, 0.3) is 0 Å². The van der Waals surface area contributed by atoms with E-state index in [1.165, 1.54) is 0 Å². The Bertz CT molecular complexity index is 1160. The van der Waals surface area contributed by atoms with E-state index in [9.17, 15) is 4.79 Å². The highest BCUT2D eigenvalue weighted by Crippen LogP contribution is 2.30. The Balaban J connectivity index is 1.31. The van der Waals surface area contributed by atoms with Crippen LogP contribution in [0.3, 0.4) is 0 Å². The molecule has 1 aromatic carbocycles. The van der Waals surface area contributed by atoms with Gasteiger partial charge in [-0.2, -0.15) is 0 Å². The number of carbonyl (C=O) groups is 1. The highest BCUT2D eigenvalue weighted by molar-refractivity contribution is 5.86. The van der Waals surface area contributed by atoms with Gasteiger partial charge in [-0.05, 0) is 66.8 Å². The predicted octanol–water partition coefficient (Wildman–Crippen LogP) is 3.29. The summed E-state index contributed by atoms with van der Waals surface area (Å²) in [5.74, 6) is 1.31. The molecule has 7 heteroatoms. The van der Waals surface area contributed by atoms with Crippen LogP contribution < -0.4 is 15.8 Å². The number of ether oxygens (including phenoxy) is 1. The molecular weight excluding hydrogens is 390 g/mol. The third-order valence-corrected chi connectivity index (χ3v) is 5.14. The van der Waals surface area contributed by atoms with Crippen molar-refractivity contribution in [3.63, 3.8) is 0 Å². The lowest BCUT2D eigenvalue weighted by Gasteiger charge is -2.13. The molecule has 0 saturated carbocycles. The van der Waals surface area contributed by atoms with E-state index in [1.54, 1.807) is 18.6 Å². The Kier molecular flexibility index (Phi) is 6.24. The summed E-state index contributed by atoms with van der Waals surface area (Å²) < 4.78 is 6.06. The predicted molar refractivity (Wildman–Crippen MR) is 120 cm³/mol. The molecule has 4 rings (SSSR count). The number of nitrogens with zero attached hydrogens (tertiary/aromatic N) is 2. The maximum atomic E-state index is 12.3. The van der Waals surface area contributed by atoms with Gasteiger partial charge in [-0.1, -0.05) is 12.1 Å². The number of pyridine rings is 2. The largest absolute Gasteiger partial charge is 0.457 e. The number of aromatic amines is 1. The second-order valence-electron chi connectivity index (χ2n) is 7.46. The Morgan fingerprint density at radius 2 is 1.87 bits per heavy atom. The van der Waals surface area contributed by atoms with Crippen LogP contribution in [-0.4, -0.2) is 33.4 Å². The molecule has 1 atom stereocenters. The van der Waals surface area contributed by atoms with Gasteiger partial charge in [0.1, 0.15) is 17.1 Å². The first-order valence-corrected chi connectivity index (χ1v) is 10.2. The normalized spacial score (nSPS) is 11.9. The number of aryl methyl sites for hydroxylation is 1.